The van der Waals surface area contributed by atoms with E-state index in [1.165, 1.54) is 16.4 Å². The summed E-state index contributed by atoms with van der Waals surface area (Å²) in [6.07, 6.45) is -0.817. The van der Waals surface area contributed by atoms with Crippen molar-refractivity contribution in [1.29, 1.82) is 5.26 Å². The zero-order valence-corrected chi connectivity index (χ0v) is 16.7. The normalized spacial score (nSPS) is 15.9. The Kier molecular flexibility index (Phi) is 6.49. The fourth-order valence-electron chi connectivity index (χ4n) is 2.78. The molecule has 0 unspecified atom stereocenters. The second-order valence-electron chi connectivity index (χ2n) is 6.43. The first kappa shape index (κ1) is 20.8. The van der Waals surface area contributed by atoms with Crippen LogP contribution in [0.15, 0.2) is 53.4 Å². The number of nitrogens with zero attached hydrogens (tertiary/aromatic N) is 2. The molecule has 1 aliphatic heterocycles. The van der Waals surface area contributed by atoms with Gasteiger partial charge in [-0.15, -0.1) is 0 Å². The molecule has 2 aromatic rings. The number of ether oxygens (including phenoxy) is 2. The Bertz CT molecular complexity index is 1010. The van der Waals surface area contributed by atoms with Crippen LogP contribution in [-0.4, -0.2) is 51.0 Å². The summed E-state index contributed by atoms with van der Waals surface area (Å²) in [4.78, 5) is 12.5. The second kappa shape index (κ2) is 9.05. The van der Waals surface area contributed by atoms with Crippen molar-refractivity contribution in [3.8, 4) is 11.8 Å². The van der Waals surface area contributed by atoms with Crippen LogP contribution >= 0.6 is 0 Å². The highest BCUT2D eigenvalue weighted by molar-refractivity contribution is 7.89. The number of hydrogen-bond acceptors (Lipinski definition) is 6. The van der Waals surface area contributed by atoms with Gasteiger partial charge in [0.2, 0.25) is 10.0 Å². The van der Waals surface area contributed by atoms with E-state index in [0.717, 1.165) is 0 Å². The van der Waals surface area contributed by atoms with E-state index in [2.05, 4.69) is 5.32 Å². The zero-order chi connectivity index (χ0) is 20.9. The van der Waals surface area contributed by atoms with Crippen LogP contribution < -0.4 is 10.1 Å². The van der Waals surface area contributed by atoms with Gasteiger partial charge in [0.15, 0.2) is 6.10 Å². The third-order valence-electron chi connectivity index (χ3n) is 4.37. The monoisotopic (exact) mass is 415 g/mol. The average Bonchev–Trinajstić information content (AvgIpc) is 2.75. The molecule has 0 bridgehead atoms. The predicted octanol–water partition coefficient (Wildman–Crippen LogP) is 1.99. The Balaban J connectivity index is 1.67. The number of nitrogens with one attached hydrogen (secondary N) is 1. The summed E-state index contributed by atoms with van der Waals surface area (Å²) in [5, 5.41) is 11.5. The summed E-state index contributed by atoms with van der Waals surface area (Å²) in [5.41, 5.74) is 0.854. The lowest BCUT2D eigenvalue weighted by atomic mass is 10.2. The van der Waals surface area contributed by atoms with Gasteiger partial charge in [-0.2, -0.15) is 9.57 Å². The first-order valence-electron chi connectivity index (χ1n) is 9.06. The maximum Gasteiger partial charge on any atom is 0.265 e. The third kappa shape index (κ3) is 5.12. The number of benzene rings is 2. The number of nitriles is 1. The molecule has 29 heavy (non-hydrogen) atoms. The van der Waals surface area contributed by atoms with E-state index < -0.39 is 22.0 Å². The van der Waals surface area contributed by atoms with Gasteiger partial charge in [-0.25, -0.2) is 8.42 Å². The van der Waals surface area contributed by atoms with Crippen molar-refractivity contribution in [3.05, 3.63) is 54.1 Å². The van der Waals surface area contributed by atoms with E-state index in [0.29, 0.717) is 43.3 Å². The first-order valence-corrected chi connectivity index (χ1v) is 10.5. The standard InChI is InChI=1S/C20H21N3O5S/c1-15(28-18-7-5-16(14-21)6-8-18)20(24)22-17-3-2-4-19(13-17)29(25,26)23-9-11-27-12-10-23/h2-8,13,15H,9-12H2,1H3,(H,22,24)/t15-/m1/s1. The summed E-state index contributed by atoms with van der Waals surface area (Å²) in [6.45, 7) is 2.91. The summed E-state index contributed by atoms with van der Waals surface area (Å²) >= 11 is 0. The van der Waals surface area contributed by atoms with Crippen LogP contribution in [-0.2, 0) is 19.6 Å². The first-order chi connectivity index (χ1) is 13.9. The van der Waals surface area contributed by atoms with E-state index in [9.17, 15) is 13.2 Å². The lowest BCUT2D eigenvalue weighted by molar-refractivity contribution is -0.122. The smallest absolute Gasteiger partial charge is 0.265 e. The predicted molar refractivity (Wildman–Crippen MR) is 106 cm³/mol. The summed E-state index contributed by atoms with van der Waals surface area (Å²) in [6, 6.07) is 14.5. The molecule has 152 valence electrons. The fraction of sp³-hybridized carbons (Fsp3) is 0.300. The third-order valence-corrected chi connectivity index (χ3v) is 6.27. The number of anilines is 1. The Hall–Kier alpha value is -2.93. The van der Waals surface area contributed by atoms with Gasteiger partial charge < -0.3 is 14.8 Å². The summed E-state index contributed by atoms with van der Waals surface area (Å²) in [5.74, 6) is 0.0329. The lowest BCUT2D eigenvalue weighted by Gasteiger charge is -2.26. The maximum absolute atomic E-state index is 12.8. The van der Waals surface area contributed by atoms with Crippen LogP contribution in [0.25, 0.3) is 0 Å². The number of carbonyl (C=O) groups excluding carboxylic acids is 1. The Morgan fingerprint density at radius 1 is 1.21 bits per heavy atom. The largest absolute Gasteiger partial charge is 0.481 e. The van der Waals surface area contributed by atoms with Crippen molar-refractivity contribution in [2.75, 3.05) is 31.6 Å². The van der Waals surface area contributed by atoms with Gasteiger partial charge in [0.1, 0.15) is 5.75 Å². The van der Waals surface area contributed by atoms with Crippen molar-refractivity contribution in [3.63, 3.8) is 0 Å². The molecule has 0 spiro atoms. The minimum absolute atomic E-state index is 0.109. The van der Waals surface area contributed by atoms with Gasteiger partial charge in [-0.05, 0) is 49.4 Å². The SMILES string of the molecule is C[C@@H](Oc1ccc(C#N)cc1)C(=O)Nc1cccc(S(=O)(=O)N2CCOCC2)c1. The van der Waals surface area contributed by atoms with Gasteiger partial charge >= 0.3 is 0 Å². The van der Waals surface area contributed by atoms with Gasteiger partial charge in [-0.3, -0.25) is 4.79 Å². The highest BCUT2D eigenvalue weighted by Crippen LogP contribution is 2.21. The molecule has 0 saturated carbocycles. The molecule has 0 aromatic heterocycles. The molecule has 0 aliphatic carbocycles. The highest BCUT2D eigenvalue weighted by Gasteiger charge is 2.26. The Morgan fingerprint density at radius 3 is 2.55 bits per heavy atom. The van der Waals surface area contributed by atoms with Gasteiger partial charge in [0, 0.05) is 18.8 Å². The molecular weight excluding hydrogens is 394 g/mol. The van der Waals surface area contributed by atoms with Gasteiger partial charge in [0.05, 0.1) is 29.7 Å². The fourth-order valence-corrected chi connectivity index (χ4v) is 4.23. The van der Waals surface area contributed by atoms with Crippen LogP contribution in [0, 0.1) is 11.3 Å². The van der Waals surface area contributed by atoms with E-state index in [1.54, 1.807) is 43.3 Å². The molecule has 3 rings (SSSR count). The molecule has 1 atom stereocenters. The van der Waals surface area contributed by atoms with Crippen LogP contribution in [0.2, 0.25) is 0 Å². The molecule has 1 amide bonds. The minimum atomic E-state index is -3.65. The molecule has 0 radical (unpaired) electrons. The van der Waals surface area contributed by atoms with Crippen LogP contribution in [0.5, 0.6) is 5.75 Å². The molecule has 1 saturated heterocycles. The number of hydrogen-bond donors (Lipinski definition) is 1. The van der Waals surface area contributed by atoms with Crippen molar-refractivity contribution >= 4 is 21.6 Å². The molecule has 1 heterocycles. The minimum Gasteiger partial charge on any atom is -0.481 e. The average molecular weight is 415 g/mol. The number of sulfonamides is 1. The molecule has 1 N–H and O–H groups in total. The van der Waals surface area contributed by atoms with E-state index in [4.69, 9.17) is 14.7 Å². The maximum atomic E-state index is 12.8. The lowest BCUT2D eigenvalue weighted by Crippen LogP contribution is -2.40. The van der Waals surface area contributed by atoms with Crippen molar-refractivity contribution in [2.45, 2.75) is 17.9 Å². The highest BCUT2D eigenvalue weighted by atomic mass is 32.2. The van der Waals surface area contributed by atoms with Crippen LogP contribution in [0.4, 0.5) is 5.69 Å². The van der Waals surface area contributed by atoms with Gasteiger partial charge in [-0.1, -0.05) is 6.07 Å². The molecular formula is C20H21N3O5S. The number of amides is 1. The number of carbonyl (C=O) groups is 1. The Labute approximate surface area is 169 Å². The van der Waals surface area contributed by atoms with E-state index >= 15 is 0 Å². The van der Waals surface area contributed by atoms with E-state index in [-0.39, 0.29) is 4.90 Å². The number of morpholine rings is 1. The topological polar surface area (TPSA) is 109 Å². The van der Waals surface area contributed by atoms with Crippen LogP contribution in [0.3, 0.4) is 0 Å². The van der Waals surface area contributed by atoms with Crippen LogP contribution in [0.1, 0.15) is 12.5 Å². The molecule has 2 aromatic carbocycles. The molecule has 1 fully saturated rings. The number of rotatable bonds is 6. The van der Waals surface area contributed by atoms with Crippen molar-refractivity contribution in [1.82, 2.24) is 4.31 Å². The zero-order valence-electron chi connectivity index (χ0n) is 15.9. The molecule has 8 nitrogen and oxygen atoms in total. The van der Waals surface area contributed by atoms with Crippen molar-refractivity contribution in [2.24, 2.45) is 0 Å². The molecule has 9 heteroatoms. The van der Waals surface area contributed by atoms with Gasteiger partial charge in [0.25, 0.3) is 5.91 Å². The van der Waals surface area contributed by atoms with E-state index in [1.807, 2.05) is 6.07 Å². The van der Waals surface area contributed by atoms with Crippen molar-refractivity contribution < 1.29 is 22.7 Å². The molecule has 1 aliphatic rings. The summed E-state index contributed by atoms with van der Waals surface area (Å²) < 4.78 is 37.7. The second-order valence-corrected chi connectivity index (χ2v) is 8.37. The summed E-state index contributed by atoms with van der Waals surface area (Å²) in [7, 11) is -3.65. The quantitative estimate of drug-likeness (QED) is 0.773. The Morgan fingerprint density at radius 2 is 1.90 bits per heavy atom.